The minimum atomic E-state index is -1.01. The Balaban J connectivity index is 2.13. The van der Waals surface area contributed by atoms with Gasteiger partial charge in [0.15, 0.2) is 0 Å². The fourth-order valence-electron chi connectivity index (χ4n) is 2.57. The predicted octanol–water partition coefficient (Wildman–Crippen LogP) is 2.96. The van der Waals surface area contributed by atoms with Crippen LogP contribution < -0.4 is 9.47 Å². The Hall–Kier alpha value is -2.83. The van der Waals surface area contributed by atoms with Crippen molar-refractivity contribution in [3.05, 3.63) is 72.3 Å². The number of aliphatic hydroxyl groups excluding tert-OH is 2. The summed E-state index contributed by atoms with van der Waals surface area (Å²) >= 11 is 0. The maximum absolute atomic E-state index is 10.8. The van der Waals surface area contributed by atoms with Crippen molar-refractivity contribution in [2.45, 2.75) is 25.0 Å². The molecule has 0 bridgehead atoms. The van der Waals surface area contributed by atoms with Crippen LogP contribution >= 0.6 is 0 Å². The molecule has 0 aliphatic rings. The molecule has 0 aliphatic heterocycles. The summed E-state index contributed by atoms with van der Waals surface area (Å²) < 4.78 is 11.3. The second-order valence-corrected chi connectivity index (χ2v) is 5.88. The number of carboxylic acids is 1. The van der Waals surface area contributed by atoms with Crippen LogP contribution in [-0.2, 0) is 4.79 Å². The smallest absolute Gasteiger partial charge is 0.327 e. The topological polar surface area (TPSA) is 96.2 Å². The summed E-state index contributed by atoms with van der Waals surface area (Å²) in [5.41, 5.74) is 0.619. The molecule has 2 atom stereocenters. The molecule has 6 nitrogen and oxygen atoms in total. The lowest BCUT2D eigenvalue weighted by Gasteiger charge is -2.24. The van der Waals surface area contributed by atoms with Crippen molar-refractivity contribution in [1.29, 1.82) is 0 Å². The minimum absolute atomic E-state index is 0.0948. The number of aliphatic carboxylic acids is 1. The monoisotopic (exact) mass is 372 g/mol. The average Bonchev–Trinajstić information content (AvgIpc) is 2.69. The van der Waals surface area contributed by atoms with Crippen LogP contribution in [0.25, 0.3) is 0 Å². The van der Waals surface area contributed by atoms with Crippen LogP contribution in [-0.4, -0.2) is 40.6 Å². The first kappa shape index (κ1) is 20.5. The number of para-hydroxylation sites is 1. The fraction of sp³-hybridized carbons (Fsp3) is 0.286. The molecular formula is C21H24O6. The van der Waals surface area contributed by atoms with Crippen molar-refractivity contribution in [3.63, 3.8) is 0 Å². The molecule has 0 aromatic heterocycles. The molecular weight excluding hydrogens is 348 g/mol. The van der Waals surface area contributed by atoms with Crippen molar-refractivity contribution in [2.24, 2.45) is 0 Å². The van der Waals surface area contributed by atoms with Crippen LogP contribution in [0.5, 0.6) is 11.5 Å². The molecule has 2 rings (SSSR count). The number of carboxylic acid groups (broad SMARTS) is 1. The van der Waals surface area contributed by atoms with Crippen LogP contribution in [0.2, 0.25) is 0 Å². The highest BCUT2D eigenvalue weighted by Gasteiger charge is 2.23. The Morgan fingerprint density at radius 3 is 2.52 bits per heavy atom. The molecule has 0 saturated carbocycles. The zero-order valence-electron chi connectivity index (χ0n) is 14.9. The molecule has 0 spiro atoms. The van der Waals surface area contributed by atoms with Crippen LogP contribution in [0, 0.1) is 0 Å². The molecule has 0 radical (unpaired) electrons. The summed E-state index contributed by atoms with van der Waals surface area (Å²) in [6, 6.07) is 16.1. The lowest BCUT2D eigenvalue weighted by Crippen LogP contribution is -2.25. The number of hydrogen-bond donors (Lipinski definition) is 3. The molecule has 0 saturated heterocycles. The normalized spacial score (nSPS) is 13.3. The van der Waals surface area contributed by atoms with Gasteiger partial charge in [0.2, 0.25) is 0 Å². The van der Waals surface area contributed by atoms with Gasteiger partial charge < -0.3 is 24.8 Å². The van der Waals surface area contributed by atoms with E-state index >= 15 is 0 Å². The number of hydrogen-bond acceptors (Lipinski definition) is 5. The zero-order chi connectivity index (χ0) is 19.5. The van der Waals surface area contributed by atoms with Gasteiger partial charge in [-0.3, -0.25) is 0 Å². The van der Waals surface area contributed by atoms with E-state index in [0.29, 0.717) is 29.9 Å². The molecule has 144 valence electrons. The van der Waals surface area contributed by atoms with Gasteiger partial charge in [0.1, 0.15) is 30.3 Å². The lowest BCUT2D eigenvalue weighted by molar-refractivity contribution is -0.131. The second-order valence-electron chi connectivity index (χ2n) is 5.88. The van der Waals surface area contributed by atoms with E-state index in [0.717, 1.165) is 6.08 Å². The molecule has 0 aliphatic carbocycles. The van der Waals surface area contributed by atoms with E-state index in [4.69, 9.17) is 19.7 Å². The average molecular weight is 372 g/mol. The van der Waals surface area contributed by atoms with E-state index in [1.165, 1.54) is 6.08 Å². The summed E-state index contributed by atoms with van der Waals surface area (Å²) in [5.74, 6) is 0.158. The van der Waals surface area contributed by atoms with Gasteiger partial charge >= 0.3 is 5.97 Å². The third-order valence-corrected chi connectivity index (χ3v) is 3.82. The molecule has 0 heterocycles. The van der Waals surface area contributed by atoms with Gasteiger partial charge in [0, 0.05) is 6.08 Å². The molecule has 0 unspecified atom stereocenters. The summed E-state index contributed by atoms with van der Waals surface area (Å²) in [5, 5.41) is 28.4. The van der Waals surface area contributed by atoms with Gasteiger partial charge in [-0.05, 0) is 42.7 Å². The second kappa shape index (κ2) is 11.0. The number of ether oxygens (including phenoxy) is 2. The number of rotatable bonds is 11. The Morgan fingerprint density at radius 2 is 1.81 bits per heavy atom. The molecule has 2 aromatic rings. The number of benzene rings is 2. The molecule has 6 heteroatoms. The first-order valence-corrected chi connectivity index (χ1v) is 8.73. The zero-order valence-corrected chi connectivity index (χ0v) is 14.9. The molecule has 0 fully saturated rings. The van der Waals surface area contributed by atoms with Crippen molar-refractivity contribution in [1.82, 2.24) is 0 Å². The van der Waals surface area contributed by atoms with Crippen molar-refractivity contribution in [2.75, 3.05) is 13.2 Å². The van der Waals surface area contributed by atoms with Gasteiger partial charge in [-0.2, -0.15) is 0 Å². The van der Waals surface area contributed by atoms with E-state index in [1.54, 1.807) is 36.4 Å². The quantitative estimate of drug-likeness (QED) is 0.525. The molecule has 2 aromatic carbocycles. The summed E-state index contributed by atoms with van der Waals surface area (Å²) in [6.45, 7) is 0.0753. The van der Waals surface area contributed by atoms with Gasteiger partial charge in [0.05, 0.1) is 6.61 Å². The summed E-state index contributed by atoms with van der Waals surface area (Å²) in [4.78, 5) is 10.6. The standard InChI is InChI=1S/C21H24O6/c22-13-14-26-18-10-6-7-16(15-18)21(25)19(11-4-5-12-20(23)24)27-17-8-2-1-3-9-17/h1-3,5-10,12,15,19,21-22,25H,4,11,13-14H2,(H,23,24)/b12-5+/t19-,21-/m0/s1. The largest absolute Gasteiger partial charge is 0.491 e. The van der Waals surface area contributed by atoms with E-state index in [-0.39, 0.29) is 13.2 Å². The maximum Gasteiger partial charge on any atom is 0.327 e. The Bertz CT molecular complexity index is 728. The Kier molecular flexibility index (Phi) is 8.35. The number of aliphatic hydroxyl groups is 2. The predicted molar refractivity (Wildman–Crippen MR) is 101 cm³/mol. The van der Waals surface area contributed by atoms with E-state index in [2.05, 4.69) is 0 Å². The van der Waals surface area contributed by atoms with Crippen LogP contribution in [0.1, 0.15) is 24.5 Å². The number of carbonyl (C=O) groups is 1. The van der Waals surface area contributed by atoms with Gasteiger partial charge in [0.25, 0.3) is 0 Å². The van der Waals surface area contributed by atoms with Crippen molar-refractivity contribution >= 4 is 5.97 Å². The first-order chi connectivity index (χ1) is 13.1. The summed E-state index contributed by atoms with van der Waals surface area (Å²) in [7, 11) is 0. The summed E-state index contributed by atoms with van der Waals surface area (Å²) in [6.07, 6.45) is 2.00. The first-order valence-electron chi connectivity index (χ1n) is 8.73. The van der Waals surface area contributed by atoms with Crippen LogP contribution in [0.3, 0.4) is 0 Å². The van der Waals surface area contributed by atoms with Crippen molar-refractivity contribution < 1.29 is 29.6 Å². The Morgan fingerprint density at radius 1 is 1.07 bits per heavy atom. The van der Waals surface area contributed by atoms with Crippen molar-refractivity contribution in [3.8, 4) is 11.5 Å². The van der Waals surface area contributed by atoms with E-state index in [1.807, 2.05) is 18.2 Å². The van der Waals surface area contributed by atoms with E-state index < -0.39 is 18.2 Å². The van der Waals surface area contributed by atoms with Gasteiger partial charge in [-0.1, -0.05) is 36.4 Å². The SMILES string of the molecule is O=C(O)/C=C/CC[C@H](Oc1ccccc1)[C@@H](O)c1cccc(OCCO)c1. The Labute approximate surface area is 158 Å². The highest BCUT2D eigenvalue weighted by molar-refractivity contribution is 5.79. The minimum Gasteiger partial charge on any atom is -0.491 e. The molecule has 3 N–H and O–H groups in total. The highest BCUT2D eigenvalue weighted by atomic mass is 16.5. The van der Waals surface area contributed by atoms with Gasteiger partial charge in [-0.25, -0.2) is 4.79 Å². The molecule has 0 amide bonds. The van der Waals surface area contributed by atoms with Crippen LogP contribution in [0.15, 0.2) is 66.7 Å². The third kappa shape index (κ3) is 7.13. The fourth-order valence-corrected chi connectivity index (χ4v) is 2.57. The lowest BCUT2D eigenvalue weighted by atomic mass is 10.00. The van der Waals surface area contributed by atoms with E-state index in [9.17, 15) is 9.90 Å². The highest BCUT2D eigenvalue weighted by Crippen LogP contribution is 2.27. The number of allylic oxidation sites excluding steroid dienone is 1. The third-order valence-electron chi connectivity index (χ3n) is 3.82. The van der Waals surface area contributed by atoms with Crippen LogP contribution in [0.4, 0.5) is 0 Å². The van der Waals surface area contributed by atoms with Gasteiger partial charge in [-0.15, -0.1) is 0 Å². The maximum atomic E-state index is 10.8. The molecule has 27 heavy (non-hydrogen) atoms.